The minimum absolute atomic E-state index is 0.462. The lowest BCUT2D eigenvalue weighted by Crippen LogP contribution is -1.99. The molecule has 0 fully saturated rings. The molecule has 14 heavy (non-hydrogen) atoms. The number of aryl methyl sites for hydroxylation is 1. The summed E-state index contributed by atoms with van der Waals surface area (Å²) in [6.07, 6.45) is 2.80. The molecule has 0 saturated heterocycles. The molecule has 1 unspecified atom stereocenters. The quantitative estimate of drug-likeness (QED) is 0.742. The average molecular weight is 191 g/mol. The fourth-order valence-corrected chi connectivity index (χ4v) is 1.21. The Hall–Kier alpha value is -1.15. The molecule has 0 spiro atoms. The molecule has 1 aromatic heterocycles. The summed E-state index contributed by atoms with van der Waals surface area (Å²) in [6.45, 7) is 7.85. The second kappa shape index (κ2) is 4.91. The van der Waals surface area contributed by atoms with Gasteiger partial charge in [-0.3, -0.25) is 4.98 Å². The second-order valence-electron chi connectivity index (χ2n) is 3.56. The molecule has 0 aromatic carbocycles. The zero-order chi connectivity index (χ0) is 10.6. The third kappa shape index (κ3) is 2.96. The van der Waals surface area contributed by atoms with Crippen LogP contribution in [0.5, 0.6) is 0 Å². The molecule has 0 radical (unpaired) electrons. The summed E-state index contributed by atoms with van der Waals surface area (Å²) in [7, 11) is 0. The van der Waals surface area contributed by atoms with Gasteiger partial charge in [-0.05, 0) is 31.4 Å². The van der Waals surface area contributed by atoms with Crippen LogP contribution >= 0.6 is 0 Å². The van der Waals surface area contributed by atoms with Gasteiger partial charge >= 0.3 is 0 Å². The van der Waals surface area contributed by atoms with E-state index in [-0.39, 0.29) is 0 Å². The van der Waals surface area contributed by atoms with Crippen molar-refractivity contribution in [1.82, 2.24) is 4.98 Å². The van der Waals surface area contributed by atoms with Crippen LogP contribution < -0.4 is 0 Å². The van der Waals surface area contributed by atoms with Crippen molar-refractivity contribution in [2.75, 3.05) is 0 Å². The van der Waals surface area contributed by atoms with Gasteiger partial charge in [-0.25, -0.2) is 0 Å². The number of nitrogens with zero attached hydrogens (tertiary/aromatic N) is 1. The van der Waals surface area contributed by atoms with Crippen LogP contribution in [0.4, 0.5) is 0 Å². The first-order chi connectivity index (χ1) is 6.63. The monoisotopic (exact) mass is 191 g/mol. The Morgan fingerprint density at radius 2 is 2.29 bits per heavy atom. The fourth-order valence-electron chi connectivity index (χ4n) is 1.21. The molecule has 0 bridgehead atoms. The van der Waals surface area contributed by atoms with Gasteiger partial charge in [0.05, 0.1) is 6.10 Å². The number of hydrogen-bond donors (Lipinski definition) is 1. The minimum atomic E-state index is -0.462. The van der Waals surface area contributed by atoms with Crippen LogP contribution in [-0.4, -0.2) is 10.1 Å². The van der Waals surface area contributed by atoms with Gasteiger partial charge in [-0.1, -0.05) is 25.1 Å². The predicted molar refractivity (Wildman–Crippen MR) is 58.0 cm³/mol. The number of aromatic nitrogens is 1. The second-order valence-corrected chi connectivity index (χ2v) is 3.56. The molecule has 1 aromatic rings. The van der Waals surface area contributed by atoms with Gasteiger partial charge < -0.3 is 5.11 Å². The molecule has 1 N–H and O–H groups in total. The standard InChI is InChI=1S/C12H17NO/c1-4-9(2)7-12(14)11-6-5-10(3)13-8-11/h5-6,8,12,14H,2,4,7H2,1,3H3. The summed E-state index contributed by atoms with van der Waals surface area (Å²) in [5.74, 6) is 0. The van der Waals surface area contributed by atoms with E-state index in [1.165, 1.54) is 0 Å². The lowest BCUT2D eigenvalue weighted by Gasteiger charge is -2.11. The van der Waals surface area contributed by atoms with E-state index in [9.17, 15) is 5.11 Å². The van der Waals surface area contributed by atoms with Crippen molar-refractivity contribution < 1.29 is 5.11 Å². The summed E-state index contributed by atoms with van der Waals surface area (Å²) in [5.41, 5.74) is 2.90. The molecule has 2 nitrogen and oxygen atoms in total. The van der Waals surface area contributed by atoms with E-state index in [0.717, 1.165) is 23.3 Å². The number of aliphatic hydroxyl groups is 1. The maximum atomic E-state index is 9.81. The average Bonchev–Trinajstić information content (AvgIpc) is 2.18. The zero-order valence-corrected chi connectivity index (χ0v) is 8.83. The molecule has 0 aliphatic rings. The minimum Gasteiger partial charge on any atom is -0.388 e. The first-order valence-corrected chi connectivity index (χ1v) is 4.90. The van der Waals surface area contributed by atoms with Crippen LogP contribution in [0.2, 0.25) is 0 Å². The van der Waals surface area contributed by atoms with Crippen LogP contribution in [0.3, 0.4) is 0 Å². The van der Waals surface area contributed by atoms with Crippen molar-refractivity contribution in [1.29, 1.82) is 0 Å². The third-order valence-corrected chi connectivity index (χ3v) is 2.30. The molecule has 0 saturated carbocycles. The summed E-state index contributed by atoms with van der Waals surface area (Å²) in [6, 6.07) is 3.82. The SMILES string of the molecule is C=C(CC)CC(O)c1ccc(C)nc1. The molecule has 0 aliphatic carbocycles. The lowest BCUT2D eigenvalue weighted by atomic mass is 10.0. The van der Waals surface area contributed by atoms with Gasteiger partial charge in [0.15, 0.2) is 0 Å². The van der Waals surface area contributed by atoms with Gasteiger partial charge in [0.25, 0.3) is 0 Å². The Bertz CT molecular complexity index is 303. The van der Waals surface area contributed by atoms with Crippen LogP contribution in [0.25, 0.3) is 0 Å². The van der Waals surface area contributed by atoms with Gasteiger partial charge in [0, 0.05) is 11.9 Å². The van der Waals surface area contributed by atoms with Crippen molar-refractivity contribution in [3.05, 3.63) is 41.7 Å². The largest absolute Gasteiger partial charge is 0.388 e. The van der Waals surface area contributed by atoms with E-state index in [1.807, 2.05) is 26.0 Å². The number of hydrogen-bond acceptors (Lipinski definition) is 2. The van der Waals surface area contributed by atoms with Gasteiger partial charge in [-0.2, -0.15) is 0 Å². The predicted octanol–water partition coefficient (Wildman–Crippen LogP) is 2.78. The van der Waals surface area contributed by atoms with E-state index in [1.54, 1.807) is 6.20 Å². The van der Waals surface area contributed by atoms with Crippen molar-refractivity contribution >= 4 is 0 Å². The smallest absolute Gasteiger partial charge is 0.0841 e. The van der Waals surface area contributed by atoms with E-state index in [0.29, 0.717) is 6.42 Å². The summed E-state index contributed by atoms with van der Waals surface area (Å²) >= 11 is 0. The molecule has 0 aliphatic heterocycles. The summed E-state index contributed by atoms with van der Waals surface area (Å²) in [5, 5.41) is 9.81. The Kier molecular flexibility index (Phi) is 3.84. The first-order valence-electron chi connectivity index (χ1n) is 4.90. The van der Waals surface area contributed by atoms with Crippen LogP contribution in [0.15, 0.2) is 30.5 Å². The van der Waals surface area contributed by atoms with Crippen LogP contribution in [-0.2, 0) is 0 Å². The molecule has 2 heteroatoms. The lowest BCUT2D eigenvalue weighted by molar-refractivity contribution is 0.177. The highest BCUT2D eigenvalue weighted by Crippen LogP contribution is 2.20. The Balaban J connectivity index is 2.65. The van der Waals surface area contributed by atoms with Crippen molar-refractivity contribution in [3.63, 3.8) is 0 Å². The third-order valence-electron chi connectivity index (χ3n) is 2.30. The maximum absolute atomic E-state index is 9.81. The van der Waals surface area contributed by atoms with E-state index in [2.05, 4.69) is 11.6 Å². The van der Waals surface area contributed by atoms with E-state index < -0.39 is 6.10 Å². The molecule has 76 valence electrons. The van der Waals surface area contributed by atoms with Crippen LogP contribution in [0.1, 0.15) is 37.1 Å². The maximum Gasteiger partial charge on any atom is 0.0841 e. The van der Waals surface area contributed by atoms with E-state index in [4.69, 9.17) is 0 Å². The molecular formula is C12H17NO. The molecule has 1 rings (SSSR count). The van der Waals surface area contributed by atoms with Gasteiger partial charge in [0.2, 0.25) is 0 Å². The highest BCUT2D eigenvalue weighted by molar-refractivity contribution is 5.17. The van der Waals surface area contributed by atoms with Gasteiger partial charge in [0.1, 0.15) is 0 Å². The first kappa shape index (κ1) is 10.9. The number of rotatable bonds is 4. The topological polar surface area (TPSA) is 33.1 Å². The van der Waals surface area contributed by atoms with Crippen molar-refractivity contribution in [2.45, 2.75) is 32.8 Å². The van der Waals surface area contributed by atoms with Crippen molar-refractivity contribution in [3.8, 4) is 0 Å². The Labute approximate surface area is 85.3 Å². The summed E-state index contributed by atoms with van der Waals surface area (Å²) < 4.78 is 0. The normalized spacial score (nSPS) is 12.5. The molecule has 0 amide bonds. The number of pyridine rings is 1. The van der Waals surface area contributed by atoms with E-state index >= 15 is 0 Å². The summed E-state index contributed by atoms with van der Waals surface area (Å²) in [4.78, 5) is 4.14. The van der Waals surface area contributed by atoms with Crippen LogP contribution in [0, 0.1) is 6.92 Å². The Morgan fingerprint density at radius 1 is 1.57 bits per heavy atom. The van der Waals surface area contributed by atoms with Gasteiger partial charge in [-0.15, -0.1) is 0 Å². The zero-order valence-electron chi connectivity index (χ0n) is 8.83. The Morgan fingerprint density at radius 3 is 2.79 bits per heavy atom. The van der Waals surface area contributed by atoms with Crippen molar-refractivity contribution in [2.24, 2.45) is 0 Å². The molecule has 1 heterocycles. The molecule has 1 atom stereocenters. The number of aliphatic hydroxyl groups excluding tert-OH is 1. The molecular weight excluding hydrogens is 174 g/mol. The fraction of sp³-hybridized carbons (Fsp3) is 0.417. The highest BCUT2D eigenvalue weighted by Gasteiger charge is 2.08. The highest BCUT2D eigenvalue weighted by atomic mass is 16.3.